The molecule has 0 spiro atoms. The lowest BCUT2D eigenvalue weighted by Gasteiger charge is -2.25. The Morgan fingerprint density at radius 1 is 1.21 bits per heavy atom. The first-order valence-electron chi connectivity index (χ1n) is 5.52. The third-order valence-corrected chi connectivity index (χ3v) is 2.92. The Labute approximate surface area is 84.6 Å². The van der Waals surface area contributed by atoms with Crippen molar-refractivity contribution < 1.29 is 9.53 Å². The highest BCUT2D eigenvalue weighted by Crippen LogP contribution is 2.13. The standard InChI is InChI=1S/C10H18N2O2/c13-10(12-7-1-2-8-12)14-9-3-5-11-6-4-9/h9,11H,1-8H2. The summed E-state index contributed by atoms with van der Waals surface area (Å²) >= 11 is 0. The number of carbonyl (C=O) groups excluding carboxylic acids is 1. The molecule has 0 radical (unpaired) electrons. The molecule has 4 heteroatoms. The van der Waals surface area contributed by atoms with Crippen molar-refractivity contribution in [1.82, 2.24) is 10.2 Å². The number of hydrogen-bond acceptors (Lipinski definition) is 3. The lowest BCUT2D eigenvalue weighted by Crippen LogP contribution is -2.37. The van der Waals surface area contributed by atoms with Crippen LogP contribution >= 0.6 is 0 Å². The number of piperidine rings is 1. The molecule has 2 aliphatic rings. The summed E-state index contributed by atoms with van der Waals surface area (Å²) in [7, 11) is 0. The van der Waals surface area contributed by atoms with Crippen molar-refractivity contribution in [2.45, 2.75) is 31.8 Å². The van der Waals surface area contributed by atoms with Crippen LogP contribution in [-0.4, -0.2) is 43.3 Å². The van der Waals surface area contributed by atoms with Crippen molar-refractivity contribution in [1.29, 1.82) is 0 Å². The largest absolute Gasteiger partial charge is 0.446 e. The lowest BCUT2D eigenvalue weighted by molar-refractivity contribution is 0.0542. The molecule has 2 aliphatic heterocycles. The van der Waals surface area contributed by atoms with E-state index >= 15 is 0 Å². The van der Waals surface area contributed by atoms with Gasteiger partial charge in [-0.1, -0.05) is 0 Å². The van der Waals surface area contributed by atoms with E-state index in [9.17, 15) is 4.79 Å². The summed E-state index contributed by atoms with van der Waals surface area (Å²) in [5.74, 6) is 0. The summed E-state index contributed by atoms with van der Waals surface area (Å²) in [5, 5.41) is 3.25. The van der Waals surface area contributed by atoms with Crippen LogP contribution in [0.25, 0.3) is 0 Å². The molecule has 0 aromatic carbocycles. The van der Waals surface area contributed by atoms with Crippen molar-refractivity contribution in [3.05, 3.63) is 0 Å². The highest BCUT2D eigenvalue weighted by Gasteiger charge is 2.23. The molecule has 14 heavy (non-hydrogen) atoms. The van der Waals surface area contributed by atoms with Gasteiger partial charge in [-0.05, 0) is 38.8 Å². The van der Waals surface area contributed by atoms with E-state index in [1.54, 1.807) is 0 Å². The first-order valence-corrected chi connectivity index (χ1v) is 5.52. The second kappa shape index (κ2) is 4.64. The van der Waals surface area contributed by atoms with Crippen LogP contribution in [0, 0.1) is 0 Å². The number of nitrogens with zero attached hydrogens (tertiary/aromatic N) is 1. The molecule has 0 aliphatic carbocycles. The molecule has 2 fully saturated rings. The molecule has 0 unspecified atom stereocenters. The van der Waals surface area contributed by atoms with Crippen molar-refractivity contribution in [3.8, 4) is 0 Å². The number of carbonyl (C=O) groups is 1. The molecular formula is C10H18N2O2. The van der Waals surface area contributed by atoms with Crippen molar-refractivity contribution >= 4 is 6.09 Å². The second-order valence-electron chi connectivity index (χ2n) is 4.03. The van der Waals surface area contributed by atoms with E-state index in [4.69, 9.17) is 4.74 Å². The monoisotopic (exact) mass is 198 g/mol. The van der Waals surface area contributed by atoms with Gasteiger partial charge >= 0.3 is 6.09 Å². The van der Waals surface area contributed by atoms with Crippen LogP contribution in [0.3, 0.4) is 0 Å². The Bertz CT molecular complexity index is 196. The van der Waals surface area contributed by atoms with E-state index in [1.807, 2.05) is 4.90 Å². The highest BCUT2D eigenvalue weighted by atomic mass is 16.6. The number of hydrogen-bond donors (Lipinski definition) is 1. The van der Waals surface area contributed by atoms with Gasteiger partial charge in [0.1, 0.15) is 6.10 Å². The minimum absolute atomic E-state index is 0.102. The maximum Gasteiger partial charge on any atom is 0.410 e. The van der Waals surface area contributed by atoms with E-state index in [2.05, 4.69) is 5.32 Å². The van der Waals surface area contributed by atoms with Gasteiger partial charge in [-0.2, -0.15) is 0 Å². The van der Waals surface area contributed by atoms with Gasteiger partial charge in [-0.3, -0.25) is 0 Å². The summed E-state index contributed by atoms with van der Waals surface area (Å²) < 4.78 is 5.42. The van der Waals surface area contributed by atoms with E-state index in [0.717, 1.165) is 51.9 Å². The number of likely N-dealkylation sites (tertiary alicyclic amines) is 1. The van der Waals surface area contributed by atoms with Crippen molar-refractivity contribution in [3.63, 3.8) is 0 Å². The number of ether oxygens (including phenoxy) is 1. The van der Waals surface area contributed by atoms with E-state index in [0.29, 0.717) is 0 Å². The van der Waals surface area contributed by atoms with Crippen molar-refractivity contribution in [2.24, 2.45) is 0 Å². The van der Waals surface area contributed by atoms with Gasteiger partial charge in [0.15, 0.2) is 0 Å². The molecule has 0 atom stereocenters. The molecule has 0 bridgehead atoms. The SMILES string of the molecule is O=C(OC1CCNCC1)N1CCCC1. The average molecular weight is 198 g/mol. The quantitative estimate of drug-likeness (QED) is 0.682. The predicted molar refractivity (Wildman–Crippen MR) is 53.2 cm³/mol. The summed E-state index contributed by atoms with van der Waals surface area (Å²) in [6.45, 7) is 3.70. The molecule has 1 N–H and O–H groups in total. The van der Waals surface area contributed by atoms with Gasteiger partial charge in [0.05, 0.1) is 0 Å². The van der Waals surface area contributed by atoms with E-state index in [1.165, 1.54) is 0 Å². The molecule has 2 rings (SSSR count). The zero-order chi connectivity index (χ0) is 9.80. The first-order chi connectivity index (χ1) is 6.86. The summed E-state index contributed by atoms with van der Waals surface area (Å²) in [6, 6.07) is 0. The van der Waals surface area contributed by atoms with Gasteiger partial charge in [0, 0.05) is 13.1 Å². The summed E-state index contributed by atoms with van der Waals surface area (Å²) in [6.07, 6.45) is 4.21. The highest BCUT2D eigenvalue weighted by molar-refractivity contribution is 5.68. The van der Waals surface area contributed by atoms with E-state index in [-0.39, 0.29) is 12.2 Å². The molecule has 0 aromatic rings. The van der Waals surface area contributed by atoms with Crippen LogP contribution in [0.5, 0.6) is 0 Å². The topological polar surface area (TPSA) is 41.6 Å². The van der Waals surface area contributed by atoms with Crippen LogP contribution in [0.1, 0.15) is 25.7 Å². The fourth-order valence-electron chi connectivity index (χ4n) is 2.03. The molecule has 2 saturated heterocycles. The van der Waals surface area contributed by atoms with Crippen LogP contribution in [0.15, 0.2) is 0 Å². The normalized spacial score (nSPS) is 23.9. The molecule has 0 saturated carbocycles. The fraction of sp³-hybridized carbons (Fsp3) is 0.900. The molecule has 80 valence electrons. The molecule has 0 aromatic heterocycles. The first kappa shape index (κ1) is 9.77. The van der Waals surface area contributed by atoms with Gasteiger partial charge in [0.25, 0.3) is 0 Å². The Morgan fingerprint density at radius 3 is 2.50 bits per heavy atom. The maximum absolute atomic E-state index is 11.6. The Balaban J connectivity index is 1.75. The Morgan fingerprint density at radius 2 is 1.86 bits per heavy atom. The fourth-order valence-corrected chi connectivity index (χ4v) is 2.03. The zero-order valence-electron chi connectivity index (χ0n) is 8.50. The molecule has 4 nitrogen and oxygen atoms in total. The average Bonchev–Trinajstić information content (AvgIpc) is 2.72. The minimum Gasteiger partial charge on any atom is -0.446 e. The van der Waals surface area contributed by atoms with Crippen LogP contribution in [-0.2, 0) is 4.74 Å². The number of nitrogens with one attached hydrogen (secondary N) is 1. The molecular weight excluding hydrogens is 180 g/mol. The molecule has 1 amide bonds. The third kappa shape index (κ3) is 2.38. The van der Waals surface area contributed by atoms with Gasteiger partial charge in [0.2, 0.25) is 0 Å². The van der Waals surface area contributed by atoms with Crippen LogP contribution < -0.4 is 5.32 Å². The predicted octanol–water partition coefficient (Wildman–Crippen LogP) is 0.971. The van der Waals surface area contributed by atoms with E-state index < -0.39 is 0 Å². The van der Waals surface area contributed by atoms with Gasteiger partial charge in [-0.25, -0.2) is 4.79 Å². The number of rotatable bonds is 1. The smallest absolute Gasteiger partial charge is 0.410 e. The minimum atomic E-state index is -0.102. The van der Waals surface area contributed by atoms with Crippen LogP contribution in [0.2, 0.25) is 0 Å². The number of amides is 1. The summed E-state index contributed by atoms with van der Waals surface area (Å²) in [5.41, 5.74) is 0. The third-order valence-electron chi connectivity index (χ3n) is 2.92. The summed E-state index contributed by atoms with van der Waals surface area (Å²) in [4.78, 5) is 13.4. The van der Waals surface area contributed by atoms with Gasteiger partial charge < -0.3 is 15.0 Å². The van der Waals surface area contributed by atoms with Gasteiger partial charge in [-0.15, -0.1) is 0 Å². The zero-order valence-corrected chi connectivity index (χ0v) is 8.50. The van der Waals surface area contributed by atoms with Crippen LogP contribution in [0.4, 0.5) is 4.79 Å². The Kier molecular flexibility index (Phi) is 3.24. The molecule has 2 heterocycles. The lowest BCUT2D eigenvalue weighted by atomic mass is 10.1. The maximum atomic E-state index is 11.6. The Hall–Kier alpha value is -0.770. The van der Waals surface area contributed by atoms with Crippen molar-refractivity contribution in [2.75, 3.05) is 26.2 Å². The second-order valence-corrected chi connectivity index (χ2v) is 4.03.